The number of benzene rings is 2. The number of halogens is 1. The predicted octanol–water partition coefficient (Wildman–Crippen LogP) is 3.20. The first-order chi connectivity index (χ1) is 15.1. The van der Waals surface area contributed by atoms with Gasteiger partial charge in [0, 0.05) is 11.2 Å². The summed E-state index contributed by atoms with van der Waals surface area (Å²) in [6, 6.07) is 14.3. The average Bonchev–Trinajstić information content (AvgIpc) is 3.43. The van der Waals surface area contributed by atoms with Crippen LogP contribution in [-0.4, -0.2) is 35.4 Å². The molecule has 152 valence electrons. The summed E-state index contributed by atoms with van der Waals surface area (Å²) < 4.78 is 3.08. The summed E-state index contributed by atoms with van der Waals surface area (Å²) in [4.78, 5) is 31.6. The van der Waals surface area contributed by atoms with Crippen LogP contribution in [0.25, 0.3) is 22.4 Å². The van der Waals surface area contributed by atoms with Crippen molar-refractivity contribution >= 4 is 34.2 Å². The van der Waals surface area contributed by atoms with Crippen molar-refractivity contribution in [1.82, 2.24) is 29.5 Å². The molecule has 3 heterocycles. The van der Waals surface area contributed by atoms with Crippen molar-refractivity contribution in [3.05, 3.63) is 94.4 Å². The van der Waals surface area contributed by atoms with E-state index >= 15 is 0 Å². The molecular formula is C21H14ClN7O2. The van der Waals surface area contributed by atoms with E-state index in [1.165, 1.54) is 23.4 Å². The van der Waals surface area contributed by atoms with Crippen LogP contribution >= 0.6 is 11.6 Å². The van der Waals surface area contributed by atoms with Crippen LogP contribution in [0.15, 0.2) is 78.2 Å². The van der Waals surface area contributed by atoms with Crippen LogP contribution in [-0.2, 0) is 0 Å². The second-order valence-electron chi connectivity index (χ2n) is 6.65. The molecule has 3 aromatic heterocycles. The zero-order valence-electron chi connectivity index (χ0n) is 15.9. The van der Waals surface area contributed by atoms with Gasteiger partial charge in [0.2, 0.25) is 0 Å². The topological polar surface area (TPSA) is 110 Å². The van der Waals surface area contributed by atoms with Gasteiger partial charge >= 0.3 is 0 Å². The molecule has 2 aromatic carbocycles. The van der Waals surface area contributed by atoms with Crippen LogP contribution in [0.3, 0.4) is 0 Å². The number of anilines is 1. The highest BCUT2D eigenvalue weighted by Gasteiger charge is 2.15. The number of nitrogens with zero attached hydrogens (tertiary/aromatic N) is 5. The van der Waals surface area contributed by atoms with E-state index in [0.717, 1.165) is 5.69 Å². The van der Waals surface area contributed by atoms with Gasteiger partial charge < -0.3 is 10.3 Å². The Balaban J connectivity index is 1.47. The molecule has 0 aliphatic rings. The number of H-pyrrole nitrogens is 1. The lowest BCUT2D eigenvalue weighted by atomic mass is 10.2. The Kier molecular flexibility index (Phi) is 4.57. The molecule has 10 heteroatoms. The van der Waals surface area contributed by atoms with Gasteiger partial charge in [-0.2, -0.15) is 10.2 Å². The Morgan fingerprint density at radius 1 is 1.06 bits per heavy atom. The highest BCUT2D eigenvalue weighted by molar-refractivity contribution is 6.30. The number of para-hydroxylation sites is 2. The van der Waals surface area contributed by atoms with E-state index in [1.54, 1.807) is 41.2 Å². The van der Waals surface area contributed by atoms with E-state index in [2.05, 4.69) is 25.5 Å². The van der Waals surface area contributed by atoms with Gasteiger partial charge in [-0.1, -0.05) is 29.8 Å². The highest BCUT2D eigenvalue weighted by atomic mass is 35.5. The lowest BCUT2D eigenvalue weighted by Gasteiger charge is -2.11. The summed E-state index contributed by atoms with van der Waals surface area (Å²) in [6.45, 7) is 0. The third-order valence-electron chi connectivity index (χ3n) is 4.67. The molecule has 0 atom stereocenters. The molecule has 0 fully saturated rings. The SMILES string of the molecule is O=C(Nc1ccccc1-n1ncc2c(=O)[nH]cnc21)c1cnn(-c2cccc(Cl)c2)c1. The van der Waals surface area contributed by atoms with Crippen molar-refractivity contribution < 1.29 is 4.79 Å². The van der Waals surface area contributed by atoms with Gasteiger partial charge in [0.15, 0.2) is 5.65 Å². The van der Waals surface area contributed by atoms with Crippen LogP contribution in [0.5, 0.6) is 0 Å². The van der Waals surface area contributed by atoms with E-state index in [-0.39, 0.29) is 11.5 Å². The van der Waals surface area contributed by atoms with Gasteiger partial charge in [0.05, 0.1) is 41.3 Å². The number of carbonyl (C=O) groups is 1. The number of amides is 1. The number of aromatic nitrogens is 6. The van der Waals surface area contributed by atoms with Crippen LogP contribution in [0.2, 0.25) is 5.02 Å². The Morgan fingerprint density at radius 3 is 2.81 bits per heavy atom. The maximum absolute atomic E-state index is 12.9. The number of hydrogen-bond acceptors (Lipinski definition) is 5. The predicted molar refractivity (Wildman–Crippen MR) is 116 cm³/mol. The van der Waals surface area contributed by atoms with Gasteiger partial charge in [0.1, 0.15) is 5.39 Å². The van der Waals surface area contributed by atoms with Crippen LogP contribution in [0.1, 0.15) is 10.4 Å². The summed E-state index contributed by atoms with van der Waals surface area (Å²) in [7, 11) is 0. The van der Waals surface area contributed by atoms with E-state index in [0.29, 0.717) is 33.0 Å². The van der Waals surface area contributed by atoms with E-state index in [1.807, 2.05) is 18.2 Å². The number of carbonyl (C=O) groups excluding carboxylic acids is 1. The van der Waals surface area contributed by atoms with E-state index in [9.17, 15) is 9.59 Å². The number of aromatic amines is 1. The molecule has 0 unspecified atom stereocenters. The average molecular weight is 432 g/mol. The number of hydrogen-bond donors (Lipinski definition) is 2. The van der Waals surface area contributed by atoms with Gasteiger partial charge in [-0.3, -0.25) is 9.59 Å². The Hall–Kier alpha value is -4.24. The monoisotopic (exact) mass is 431 g/mol. The second-order valence-corrected chi connectivity index (χ2v) is 7.09. The van der Waals surface area contributed by atoms with Crippen LogP contribution in [0.4, 0.5) is 5.69 Å². The molecule has 2 N–H and O–H groups in total. The molecule has 5 aromatic rings. The molecule has 5 rings (SSSR count). The van der Waals surface area contributed by atoms with Crippen molar-refractivity contribution in [2.45, 2.75) is 0 Å². The van der Waals surface area contributed by atoms with Crippen molar-refractivity contribution in [2.75, 3.05) is 5.32 Å². The molecule has 0 spiro atoms. The first kappa shape index (κ1) is 18.8. The molecule has 0 saturated heterocycles. The summed E-state index contributed by atoms with van der Waals surface area (Å²) in [5.74, 6) is -0.344. The minimum absolute atomic E-state index is 0.286. The van der Waals surface area contributed by atoms with Gasteiger partial charge in [-0.25, -0.2) is 14.3 Å². The number of nitrogens with one attached hydrogen (secondary N) is 2. The molecule has 0 radical (unpaired) electrons. The zero-order valence-corrected chi connectivity index (χ0v) is 16.6. The van der Waals surface area contributed by atoms with Crippen LogP contribution in [0, 0.1) is 0 Å². The fourth-order valence-electron chi connectivity index (χ4n) is 3.19. The third-order valence-corrected chi connectivity index (χ3v) is 4.90. The lowest BCUT2D eigenvalue weighted by molar-refractivity contribution is 0.102. The van der Waals surface area contributed by atoms with Crippen molar-refractivity contribution in [2.24, 2.45) is 0 Å². The molecule has 0 aliphatic heterocycles. The van der Waals surface area contributed by atoms with E-state index in [4.69, 9.17) is 11.6 Å². The summed E-state index contributed by atoms with van der Waals surface area (Å²) in [5, 5.41) is 12.3. The number of rotatable bonds is 4. The standard InChI is InChI=1S/C21H14ClN7O2/c22-14-4-3-5-15(8-14)28-11-13(9-25-28)20(30)27-17-6-1-2-7-18(17)29-19-16(10-26-29)21(31)24-12-23-19/h1-12H,(H,27,30)(H,23,24,31). The Bertz CT molecular complexity index is 1480. The van der Waals surface area contributed by atoms with Crippen molar-refractivity contribution in [3.8, 4) is 11.4 Å². The van der Waals surface area contributed by atoms with Gasteiger partial charge in [-0.15, -0.1) is 0 Å². The largest absolute Gasteiger partial charge is 0.320 e. The molecule has 1 amide bonds. The Morgan fingerprint density at radius 2 is 1.94 bits per heavy atom. The Labute approximate surface area is 179 Å². The normalized spacial score (nSPS) is 11.0. The van der Waals surface area contributed by atoms with Gasteiger partial charge in [-0.05, 0) is 30.3 Å². The smallest absolute Gasteiger partial charge is 0.261 e. The molecule has 9 nitrogen and oxygen atoms in total. The maximum Gasteiger partial charge on any atom is 0.261 e. The first-order valence-corrected chi connectivity index (χ1v) is 9.61. The quantitative estimate of drug-likeness (QED) is 0.454. The summed E-state index contributed by atoms with van der Waals surface area (Å²) >= 11 is 6.03. The molecule has 0 saturated carbocycles. The second kappa shape index (κ2) is 7.54. The third kappa shape index (κ3) is 3.47. The fraction of sp³-hybridized carbons (Fsp3) is 0. The molecule has 0 aliphatic carbocycles. The van der Waals surface area contributed by atoms with Crippen molar-refractivity contribution in [1.29, 1.82) is 0 Å². The van der Waals surface area contributed by atoms with E-state index < -0.39 is 0 Å². The van der Waals surface area contributed by atoms with Gasteiger partial charge in [0.25, 0.3) is 11.5 Å². The van der Waals surface area contributed by atoms with Crippen molar-refractivity contribution in [3.63, 3.8) is 0 Å². The molecule has 31 heavy (non-hydrogen) atoms. The number of fused-ring (bicyclic) bond motifs is 1. The summed E-state index contributed by atoms with van der Waals surface area (Å²) in [6.07, 6.45) is 5.85. The van der Waals surface area contributed by atoms with Crippen LogP contribution < -0.4 is 10.9 Å². The first-order valence-electron chi connectivity index (χ1n) is 9.23. The lowest BCUT2D eigenvalue weighted by Crippen LogP contribution is -2.14. The minimum Gasteiger partial charge on any atom is -0.320 e. The molecule has 0 bridgehead atoms. The summed E-state index contributed by atoms with van der Waals surface area (Å²) in [5.41, 5.74) is 2.30. The fourth-order valence-corrected chi connectivity index (χ4v) is 3.38. The maximum atomic E-state index is 12.9. The zero-order chi connectivity index (χ0) is 21.4. The molecular weight excluding hydrogens is 418 g/mol. The minimum atomic E-state index is -0.344. The highest BCUT2D eigenvalue weighted by Crippen LogP contribution is 2.23.